The van der Waals surface area contributed by atoms with Crippen molar-refractivity contribution in [3.8, 4) is 12.1 Å². The van der Waals surface area contributed by atoms with Crippen molar-refractivity contribution in [3.63, 3.8) is 0 Å². The average Bonchev–Trinajstić information content (AvgIpc) is 2.51. The Labute approximate surface area is 119 Å². The maximum absolute atomic E-state index is 10.4. The fraction of sp³-hybridized carbons (Fsp3) is 0.438. The van der Waals surface area contributed by atoms with Gasteiger partial charge in [0.2, 0.25) is 0 Å². The molecule has 0 radical (unpaired) electrons. The van der Waals surface area contributed by atoms with Gasteiger partial charge in [-0.3, -0.25) is 0 Å². The molecule has 1 rings (SSSR count). The van der Waals surface area contributed by atoms with Gasteiger partial charge in [0, 0.05) is 19.4 Å². The quantitative estimate of drug-likeness (QED) is 0.510. The SMILES string of the molecule is N#CC(C#N)(CCC=O)CCOCCc1ccccc1. The molecule has 4 nitrogen and oxygen atoms in total. The third-order valence-corrected chi connectivity index (χ3v) is 3.17. The number of aldehydes is 1. The zero-order valence-electron chi connectivity index (χ0n) is 11.4. The van der Waals surface area contributed by atoms with Crippen molar-refractivity contribution < 1.29 is 9.53 Å². The second-order valence-corrected chi connectivity index (χ2v) is 4.61. The van der Waals surface area contributed by atoms with Crippen LogP contribution in [0.1, 0.15) is 24.8 Å². The second kappa shape index (κ2) is 8.85. The molecule has 0 bridgehead atoms. The van der Waals surface area contributed by atoms with Gasteiger partial charge in [0.25, 0.3) is 0 Å². The molecule has 0 aliphatic heterocycles. The Morgan fingerprint density at radius 1 is 1.10 bits per heavy atom. The Morgan fingerprint density at radius 2 is 1.80 bits per heavy atom. The third kappa shape index (κ3) is 5.22. The maximum Gasteiger partial charge on any atom is 0.146 e. The van der Waals surface area contributed by atoms with Crippen LogP contribution in [0.3, 0.4) is 0 Å². The summed E-state index contributed by atoms with van der Waals surface area (Å²) in [5, 5.41) is 18.2. The lowest BCUT2D eigenvalue weighted by Gasteiger charge is -2.16. The molecular formula is C16H18N2O2. The topological polar surface area (TPSA) is 73.9 Å². The molecule has 0 saturated carbocycles. The third-order valence-electron chi connectivity index (χ3n) is 3.17. The number of nitrogens with zero attached hydrogens (tertiary/aromatic N) is 2. The smallest absolute Gasteiger partial charge is 0.146 e. The number of ether oxygens (including phenoxy) is 1. The molecule has 1 aromatic rings. The molecule has 104 valence electrons. The van der Waals surface area contributed by atoms with Crippen LogP contribution in [-0.4, -0.2) is 19.5 Å². The summed E-state index contributed by atoms with van der Waals surface area (Å²) in [6.07, 6.45) is 2.38. The predicted octanol–water partition coefficient (Wildman–Crippen LogP) is 2.65. The zero-order valence-corrected chi connectivity index (χ0v) is 11.4. The molecule has 0 unspecified atom stereocenters. The molecule has 0 heterocycles. The van der Waals surface area contributed by atoms with Crippen LogP contribution in [0.5, 0.6) is 0 Å². The first-order valence-corrected chi connectivity index (χ1v) is 6.64. The van der Waals surface area contributed by atoms with Crippen molar-refractivity contribution in [2.45, 2.75) is 25.7 Å². The molecule has 20 heavy (non-hydrogen) atoms. The first-order chi connectivity index (χ1) is 9.76. The normalized spacial score (nSPS) is 10.5. The Bertz CT molecular complexity index is 471. The number of benzene rings is 1. The molecule has 0 aliphatic rings. The molecule has 0 spiro atoms. The van der Waals surface area contributed by atoms with Gasteiger partial charge in [-0.25, -0.2) is 0 Å². The highest BCUT2D eigenvalue weighted by Gasteiger charge is 2.29. The lowest BCUT2D eigenvalue weighted by Crippen LogP contribution is -2.19. The van der Waals surface area contributed by atoms with Crippen LogP contribution < -0.4 is 0 Å². The number of nitriles is 2. The van der Waals surface area contributed by atoms with E-state index < -0.39 is 5.41 Å². The van der Waals surface area contributed by atoms with Crippen LogP contribution in [0.4, 0.5) is 0 Å². The zero-order chi connectivity index (χ0) is 14.7. The van der Waals surface area contributed by atoms with E-state index >= 15 is 0 Å². The van der Waals surface area contributed by atoms with Gasteiger partial charge in [-0.1, -0.05) is 30.3 Å². The van der Waals surface area contributed by atoms with Crippen LogP contribution in [0.15, 0.2) is 30.3 Å². The molecule has 0 amide bonds. The van der Waals surface area contributed by atoms with Crippen molar-refractivity contribution in [1.82, 2.24) is 0 Å². The summed E-state index contributed by atoms with van der Waals surface area (Å²) >= 11 is 0. The fourth-order valence-corrected chi connectivity index (χ4v) is 1.86. The number of carbonyl (C=O) groups is 1. The standard InChI is InChI=1S/C16H18N2O2/c17-13-16(14-18,8-4-10-19)9-12-20-11-7-15-5-2-1-3-6-15/h1-3,5-6,10H,4,7-9,11-12H2. The summed E-state index contributed by atoms with van der Waals surface area (Å²) in [5.41, 5.74) is 0.0912. The monoisotopic (exact) mass is 270 g/mol. The van der Waals surface area contributed by atoms with Gasteiger partial charge >= 0.3 is 0 Å². The van der Waals surface area contributed by atoms with E-state index in [2.05, 4.69) is 0 Å². The lowest BCUT2D eigenvalue weighted by atomic mass is 9.83. The largest absolute Gasteiger partial charge is 0.381 e. The maximum atomic E-state index is 10.4. The molecule has 0 saturated heterocycles. The second-order valence-electron chi connectivity index (χ2n) is 4.61. The Hall–Kier alpha value is -2.17. The van der Waals surface area contributed by atoms with Crippen LogP contribution >= 0.6 is 0 Å². The van der Waals surface area contributed by atoms with E-state index in [0.29, 0.717) is 19.6 Å². The van der Waals surface area contributed by atoms with Gasteiger partial charge in [0.05, 0.1) is 18.7 Å². The van der Waals surface area contributed by atoms with E-state index in [-0.39, 0.29) is 12.8 Å². The van der Waals surface area contributed by atoms with E-state index in [1.165, 1.54) is 5.56 Å². The lowest BCUT2D eigenvalue weighted by molar-refractivity contribution is -0.108. The van der Waals surface area contributed by atoms with Crippen molar-refractivity contribution in [3.05, 3.63) is 35.9 Å². The minimum absolute atomic E-state index is 0.227. The predicted molar refractivity (Wildman–Crippen MR) is 74.5 cm³/mol. The van der Waals surface area contributed by atoms with Crippen LogP contribution in [-0.2, 0) is 16.0 Å². The molecule has 4 heteroatoms. The molecule has 0 atom stereocenters. The Balaban J connectivity index is 2.29. The summed E-state index contributed by atoms with van der Waals surface area (Å²) in [5.74, 6) is 0. The van der Waals surface area contributed by atoms with Crippen molar-refractivity contribution in [2.24, 2.45) is 5.41 Å². The highest BCUT2D eigenvalue weighted by molar-refractivity contribution is 5.49. The van der Waals surface area contributed by atoms with E-state index in [9.17, 15) is 4.79 Å². The highest BCUT2D eigenvalue weighted by Crippen LogP contribution is 2.26. The number of rotatable bonds is 9. The summed E-state index contributed by atoms with van der Waals surface area (Å²) in [7, 11) is 0. The van der Waals surface area contributed by atoms with E-state index in [4.69, 9.17) is 15.3 Å². The van der Waals surface area contributed by atoms with Gasteiger partial charge < -0.3 is 9.53 Å². The van der Waals surface area contributed by atoms with Crippen molar-refractivity contribution in [2.75, 3.05) is 13.2 Å². The Morgan fingerprint density at radius 3 is 2.40 bits per heavy atom. The first-order valence-electron chi connectivity index (χ1n) is 6.64. The molecule has 1 aromatic carbocycles. The van der Waals surface area contributed by atoms with Gasteiger partial charge in [-0.2, -0.15) is 10.5 Å². The van der Waals surface area contributed by atoms with Crippen molar-refractivity contribution in [1.29, 1.82) is 10.5 Å². The van der Waals surface area contributed by atoms with Crippen LogP contribution in [0.2, 0.25) is 0 Å². The highest BCUT2D eigenvalue weighted by atomic mass is 16.5. The molecule has 0 aromatic heterocycles. The van der Waals surface area contributed by atoms with Crippen molar-refractivity contribution >= 4 is 6.29 Å². The van der Waals surface area contributed by atoms with Gasteiger partial charge in [-0.05, 0) is 18.4 Å². The van der Waals surface area contributed by atoms with Gasteiger partial charge in [0.15, 0.2) is 0 Å². The molecule has 0 N–H and O–H groups in total. The number of carbonyl (C=O) groups excluding carboxylic acids is 1. The minimum atomic E-state index is -1.10. The average molecular weight is 270 g/mol. The van der Waals surface area contributed by atoms with E-state index in [1.807, 2.05) is 42.5 Å². The van der Waals surface area contributed by atoms with E-state index in [0.717, 1.165) is 12.7 Å². The summed E-state index contributed by atoms with van der Waals surface area (Å²) in [6, 6.07) is 14.0. The molecule has 0 fully saturated rings. The van der Waals surface area contributed by atoms with Gasteiger partial charge in [0.1, 0.15) is 11.7 Å². The summed E-state index contributed by atoms with van der Waals surface area (Å²) in [4.78, 5) is 10.4. The fourth-order valence-electron chi connectivity index (χ4n) is 1.86. The number of hydrogen-bond donors (Lipinski definition) is 0. The first kappa shape index (κ1) is 15.9. The summed E-state index contributed by atoms with van der Waals surface area (Å²) < 4.78 is 5.49. The minimum Gasteiger partial charge on any atom is -0.381 e. The summed E-state index contributed by atoms with van der Waals surface area (Å²) in [6.45, 7) is 0.914. The van der Waals surface area contributed by atoms with Crippen LogP contribution in [0.25, 0.3) is 0 Å². The van der Waals surface area contributed by atoms with E-state index in [1.54, 1.807) is 0 Å². The Kier molecular flexibility index (Phi) is 7.03. The van der Waals surface area contributed by atoms with Gasteiger partial charge in [-0.15, -0.1) is 0 Å². The molecular weight excluding hydrogens is 252 g/mol. The molecule has 0 aliphatic carbocycles. The number of hydrogen-bond acceptors (Lipinski definition) is 4. The van der Waals surface area contributed by atoms with Crippen LogP contribution in [0, 0.1) is 28.1 Å².